The molecule has 0 N–H and O–H groups in total. The average molecular weight is 150 g/mol. The van der Waals surface area contributed by atoms with Crippen molar-refractivity contribution in [2.45, 2.75) is 0 Å². The minimum atomic E-state index is 1.71. The fraction of sp³-hybridized carbons (Fsp3) is 0. The van der Waals surface area contributed by atoms with E-state index in [4.69, 9.17) is 0 Å². The van der Waals surface area contributed by atoms with Gasteiger partial charge in [-0.1, -0.05) is 0 Å². The average Bonchev–Trinajstić information content (AvgIpc) is 2.17. The van der Waals surface area contributed by atoms with Gasteiger partial charge in [-0.2, -0.15) is 0 Å². The minimum absolute atomic E-state index is 1.71. The molecule has 0 aromatic carbocycles. The van der Waals surface area contributed by atoms with Gasteiger partial charge in [0, 0.05) is 0 Å². The van der Waals surface area contributed by atoms with Crippen LogP contribution in [0.25, 0.3) is 0 Å². The molecule has 37 valence electrons. The number of hydrogen-bond acceptors (Lipinski definition) is 3. The van der Waals surface area contributed by atoms with Gasteiger partial charge in [-0.3, -0.25) is 0 Å². The second kappa shape index (κ2) is 0.953. The van der Waals surface area contributed by atoms with E-state index in [1.165, 1.54) is 0 Å². The van der Waals surface area contributed by atoms with Crippen LogP contribution in [0.4, 0.5) is 0 Å². The van der Waals surface area contributed by atoms with Crippen molar-refractivity contribution >= 4 is 11.9 Å². The van der Waals surface area contributed by atoms with Gasteiger partial charge in [0.1, 0.15) is 0 Å². The second-order valence-corrected chi connectivity index (χ2v) is 2.98. The molecule has 4 heteroatoms. The van der Waals surface area contributed by atoms with E-state index >= 15 is 0 Å². The molecule has 0 saturated carbocycles. The summed E-state index contributed by atoms with van der Waals surface area (Å²) >= 11 is 3.50. The molecule has 1 atom stereocenters. The van der Waals surface area contributed by atoms with Crippen LogP contribution in [0.15, 0.2) is 11.6 Å². The van der Waals surface area contributed by atoms with E-state index in [1.807, 2.05) is 15.6 Å². The van der Waals surface area contributed by atoms with Crippen LogP contribution in [0.5, 0.6) is 0 Å². The summed E-state index contributed by atoms with van der Waals surface area (Å²) in [5.74, 6) is 0. The van der Waals surface area contributed by atoms with Crippen molar-refractivity contribution in [3.8, 4) is 0 Å². The van der Waals surface area contributed by atoms with Crippen LogP contribution in [-0.2, 0) is 15.4 Å². The summed E-state index contributed by atoms with van der Waals surface area (Å²) in [7, 11) is 0. The molecule has 0 amide bonds. The van der Waals surface area contributed by atoms with Crippen molar-refractivity contribution in [1.29, 1.82) is 0 Å². The molecule has 2 rings (SSSR count). The quantitative estimate of drug-likeness (QED) is 0.282. The zero-order chi connectivity index (χ0) is 3.98. The normalized spacial score (nSPS) is 38.7. The molecule has 0 aromatic heterocycles. The molecule has 2 aliphatic rings. The topological polar surface area (TPSA) is 6.02 Å². The third-order valence-electron chi connectivity index (χ3n) is 0.539. The Morgan fingerprint density at radius 1 is 1.67 bits per heavy atom. The zero-order valence-corrected chi connectivity index (χ0v) is 4.52. The van der Waals surface area contributed by atoms with Crippen molar-refractivity contribution in [3.63, 3.8) is 0 Å². The zero-order valence-electron chi connectivity index (χ0n) is 2.76. The third-order valence-corrected chi connectivity index (χ3v) is 2.44. The van der Waals surface area contributed by atoms with Crippen molar-refractivity contribution < 1.29 is 15.4 Å². The van der Waals surface area contributed by atoms with Crippen molar-refractivity contribution in [2.75, 3.05) is 0 Å². The summed E-state index contributed by atoms with van der Waals surface area (Å²) in [6, 6.07) is 0. The van der Waals surface area contributed by atoms with E-state index in [2.05, 4.69) is 3.43 Å². The summed E-state index contributed by atoms with van der Waals surface area (Å²) < 4.78 is 4.12. The Bertz CT molecular complexity index is 104. The summed E-state index contributed by atoms with van der Waals surface area (Å²) in [6.07, 6.45) is 2.03. The van der Waals surface area contributed by atoms with E-state index in [0.717, 1.165) is 0 Å². The number of rotatable bonds is 0. The molecule has 1 saturated heterocycles. The fourth-order valence-electron chi connectivity index (χ4n) is 0.282. The number of hydrazine groups is 1. The van der Waals surface area contributed by atoms with Gasteiger partial charge in [0.15, 0.2) is 0 Å². The molecular weight excluding hydrogens is 148 g/mol. The molecule has 0 spiro atoms. The molecule has 1 fully saturated rings. The summed E-state index contributed by atoms with van der Waals surface area (Å²) in [4.78, 5) is 0. The van der Waals surface area contributed by atoms with E-state index in [-0.39, 0.29) is 0 Å². The van der Waals surface area contributed by atoms with Gasteiger partial charge < -0.3 is 0 Å². The standard InChI is InChI=1S/C2H2N2S.Cu/c1-2-5-4-3-1;/h1-2H;/q-2;+2. The maximum atomic E-state index is 2.07. The van der Waals surface area contributed by atoms with Gasteiger partial charge in [-0.15, -0.1) is 0 Å². The molecule has 2 aliphatic heterocycles. The Balaban J connectivity index is 2.26. The summed E-state index contributed by atoms with van der Waals surface area (Å²) in [5.41, 5.74) is 0. The number of hydrogen-bond donors (Lipinski definition) is 0. The SMILES string of the molecule is C1=C[N]2[Cu][N]2S1. The van der Waals surface area contributed by atoms with Crippen molar-refractivity contribution in [3.05, 3.63) is 11.6 Å². The van der Waals surface area contributed by atoms with Gasteiger partial charge in [0.2, 0.25) is 0 Å². The Morgan fingerprint density at radius 3 is 2.83 bits per heavy atom. The van der Waals surface area contributed by atoms with E-state index in [1.54, 1.807) is 27.3 Å². The van der Waals surface area contributed by atoms with Crippen LogP contribution < -0.4 is 0 Å². The molecule has 0 bridgehead atoms. The monoisotopic (exact) mass is 149 g/mol. The predicted molar refractivity (Wildman–Crippen MR) is 20.4 cm³/mol. The summed E-state index contributed by atoms with van der Waals surface area (Å²) in [5, 5.41) is 2.05. The van der Waals surface area contributed by atoms with Crippen LogP contribution in [0.1, 0.15) is 0 Å². The van der Waals surface area contributed by atoms with Crippen molar-refractivity contribution in [2.24, 2.45) is 0 Å². The van der Waals surface area contributed by atoms with Crippen LogP contribution in [0.3, 0.4) is 0 Å². The first kappa shape index (κ1) is 3.38. The second-order valence-electron chi connectivity index (χ2n) is 0.901. The van der Waals surface area contributed by atoms with Gasteiger partial charge >= 0.3 is 46.4 Å². The molecular formula is C2H2CuN2S. The molecule has 6 heavy (non-hydrogen) atoms. The number of nitrogens with zero attached hydrogens (tertiary/aromatic N) is 2. The summed E-state index contributed by atoms with van der Waals surface area (Å²) in [6.45, 7) is 0. The molecule has 1 unspecified atom stereocenters. The Kier molecular flexibility index (Phi) is 0.537. The van der Waals surface area contributed by atoms with Gasteiger partial charge in [-0.05, 0) is 0 Å². The molecule has 0 radical (unpaired) electrons. The van der Waals surface area contributed by atoms with Crippen molar-refractivity contribution in [1.82, 2.24) is 7.46 Å². The van der Waals surface area contributed by atoms with E-state index in [9.17, 15) is 0 Å². The molecule has 2 nitrogen and oxygen atoms in total. The Labute approximate surface area is 46.9 Å². The van der Waals surface area contributed by atoms with Crippen LogP contribution in [0, 0.1) is 0 Å². The molecule has 0 aliphatic carbocycles. The van der Waals surface area contributed by atoms with Crippen LogP contribution >= 0.6 is 11.9 Å². The van der Waals surface area contributed by atoms with E-state index < -0.39 is 0 Å². The fourth-order valence-corrected chi connectivity index (χ4v) is 1.76. The molecule has 2 heterocycles. The van der Waals surface area contributed by atoms with Gasteiger partial charge in [0.25, 0.3) is 0 Å². The third kappa shape index (κ3) is 0.324. The first-order chi connectivity index (χ1) is 2.97. The van der Waals surface area contributed by atoms with Gasteiger partial charge in [0.05, 0.1) is 0 Å². The maximum absolute atomic E-state index is 2.07. The predicted octanol–water partition coefficient (Wildman–Crippen LogP) is 0.565. The molecule has 0 aromatic rings. The first-order valence-electron chi connectivity index (χ1n) is 1.48. The van der Waals surface area contributed by atoms with E-state index in [0.29, 0.717) is 0 Å². The Hall–Kier alpha value is 0.369. The van der Waals surface area contributed by atoms with Crippen LogP contribution in [-0.4, -0.2) is 7.46 Å². The van der Waals surface area contributed by atoms with Crippen LogP contribution in [0.2, 0.25) is 0 Å². The van der Waals surface area contributed by atoms with Gasteiger partial charge in [-0.25, -0.2) is 0 Å². The Morgan fingerprint density at radius 2 is 2.67 bits per heavy atom. The number of fused-ring (bicyclic) bond motifs is 1. The first-order valence-corrected chi connectivity index (χ1v) is 3.16.